The van der Waals surface area contributed by atoms with Crippen molar-refractivity contribution in [3.8, 4) is 0 Å². The molecule has 1 aromatic carbocycles. The summed E-state index contributed by atoms with van der Waals surface area (Å²) in [6.45, 7) is 6.98. The highest BCUT2D eigenvalue weighted by Crippen LogP contribution is 2.10. The molecule has 0 unspecified atom stereocenters. The summed E-state index contributed by atoms with van der Waals surface area (Å²) in [5.41, 5.74) is 8.22. The Kier molecular flexibility index (Phi) is 3.53. The summed E-state index contributed by atoms with van der Waals surface area (Å²) in [6, 6.07) is 8.49. The molecule has 2 heteroatoms. The summed E-state index contributed by atoms with van der Waals surface area (Å²) in [7, 11) is 0. The van der Waals surface area contributed by atoms with E-state index >= 15 is 0 Å². The molecule has 0 aromatic heterocycles. The number of rotatable bonds is 4. The monoisotopic (exact) mass is 192 g/mol. The third-order valence-corrected chi connectivity index (χ3v) is 2.11. The maximum atomic E-state index is 5.88. The highest BCUT2D eigenvalue weighted by Gasteiger charge is 2.09. The molecule has 0 fully saturated rings. The van der Waals surface area contributed by atoms with E-state index < -0.39 is 0 Å². The molecule has 0 atom stereocenters. The molecule has 0 saturated carbocycles. The first-order valence-electron chi connectivity index (χ1n) is 5.13. The van der Waals surface area contributed by atoms with Crippen LogP contribution in [-0.4, -0.2) is 12.1 Å². The van der Waals surface area contributed by atoms with Crippen LogP contribution in [0.25, 0.3) is 0 Å². The number of benzene rings is 1. The van der Waals surface area contributed by atoms with Crippen LogP contribution < -0.4 is 11.1 Å². The van der Waals surface area contributed by atoms with Crippen molar-refractivity contribution in [2.75, 3.05) is 11.9 Å². The van der Waals surface area contributed by atoms with E-state index in [1.54, 1.807) is 0 Å². The van der Waals surface area contributed by atoms with Gasteiger partial charge in [-0.25, -0.2) is 0 Å². The van der Waals surface area contributed by atoms with Gasteiger partial charge in [-0.05, 0) is 38.0 Å². The number of nitrogens with two attached hydrogens (primary N) is 1. The molecule has 1 rings (SSSR count). The standard InChI is InChI=1S/C12H20N2/c1-4-10-5-7-11(8-6-10)14-9-12(2,3)13/h5-8,14H,4,9,13H2,1-3H3. The Hall–Kier alpha value is -1.02. The maximum Gasteiger partial charge on any atom is 0.0340 e. The predicted octanol–water partition coefficient (Wildman–Crippen LogP) is 2.40. The zero-order valence-corrected chi connectivity index (χ0v) is 9.30. The minimum atomic E-state index is -0.163. The lowest BCUT2D eigenvalue weighted by Crippen LogP contribution is -2.39. The van der Waals surface area contributed by atoms with Crippen LogP contribution in [0.1, 0.15) is 26.3 Å². The van der Waals surface area contributed by atoms with Gasteiger partial charge in [0, 0.05) is 17.8 Å². The van der Waals surface area contributed by atoms with Crippen LogP contribution in [0, 0.1) is 0 Å². The largest absolute Gasteiger partial charge is 0.383 e. The summed E-state index contributed by atoms with van der Waals surface area (Å²) in [5.74, 6) is 0. The first kappa shape index (κ1) is 11.1. The predicted molar refractivity (Wildman–Crippen MR) is 62.6 cm³/mol. The average molecular weight is 192 g/mol. The first-order valence-corrected chi connectivity index (χ1v) is 5.13. The van der Waals surface area contributed by atoms with Crippen molar-refractivity contribution in [1.82, 2.24) is 0 Å². The van der Waals surface area contributed by atoms with Crippen LogP contribution in [-0.2, 0) is 6.42 Å². The van der Waals surface area contributed by atoms with Gasteiger partial charge < -0.3 is 11.1 Å². The summed E-state index contributed by atoms with van der Waals surface area (Å²) < 4.78 is 0. The fourth-order valence-corrected chi connectivity index (χ4v) is 1.19. The van der Waals surface area contributed by atoms with E-state index in [0.29, 0.717) is 0 Å². The number of nitrogens with one attached hydrogen (secondary N) is 1. The van der Waals surface area contributed by atoms with Crippen molar-refractivity contribution < 1.29 is 0 Å². The topological polar surface area (TPSA) is 38.0 Å². The number of hydrogen-bond acceptors (Lipinski definition) is 2. The molecule has 0 radical (unpaired) electrons. The molecule has 14 heavy (non-hydrogen) atoms. The molecular weight excluding hydrogens is 172 g/mol. The van der Waals surface area contributed by atoms with E-state index in [1.165, 1.54) is 5.56 Å². The molecule has 0 aliphatic carbocycles. The fourth-order valence-electron chi connectivity index (χ4n) is 1.19. The van der Waals surface area contributed by atoms with E-state index in [4.69, 9.17) is 5.73 Å². The summed E-state index contributed by atoms with van der Waals surface area (Å²) in [4.78, 5) is 0. The Morgan fingerprint density at radius 3 is 2.21 bits per heavy atom. The van der Waals surface area contributed by atoms with E-state index in [0.717, 1.165) is 18.7 Å². The molecule has 0 heterocycles. The lowest BCUT2D eigenvalue weighted by Gasteiger charge is -2.19. The summed E-state index contributed by atoms with van der Waals surface area (Å²) in [6.07, 6.45) is 1.09. The second kappa shape index (κ2) is 4.47. The van der Waals surface area contributed by atoms with Crippen molar-refractivity contribution in [2.24, 2.45) is 5.73 Å². The van der Waals surface area contributed by atoms with Crippen LogP contribution in [0.15, 0.2) is 24.3 Å². The minimum Gasteiger partial charge on any atom is -0.383 e. The van der Waals surface area contributed by atoms with Crippen molar-refractivity contribution in [1.29, 1.82) is 0 Å². The Balaban J connectivity index is 2.52. The van der Waals surface area contributed by atoms with E-state index in [1.807, 2.05) is 13.8 Å². The van der Waals surface area contributed by atoms with Gasteiger partial charge in [-0.2, -0.15) is 0 Å². The molecular formula is C12H20N2. The van der Waals surface area contributed by atoms with Crippen molar-refractivity contribution >= 4 is 5.69 Å². The third kappa shape index (κ3) is 3.79. The fraction of sp³-hybridized carbons (Fsp3) is 0.500. The van der Waals surface area contributed by atoms with Crippen LogP contribution >= 0.6 is 0 Å². The molecule has 1 aromatic rings. The smallest absolute Gasteiger partial charge is 0.0340 e. The minimum absolute atomic E-state index is 0.163. The molecule has 0 amide bonds. The average Bonchev–Trinajstić information content (AvgIpc) is 2.14. The SMILES string of the molecule is CCc1ccc(NCC(C)(C)N)cc1. The van der Waals surface area contributed by atoms with Gasteiger partial charge in [0.2, 0.25) is 0 Å². The van der Waals surface area contributed by atoms with Gasteiger partial charge in [0.25, 0.3) is 0 Å². The highest BCUT2D eigenvalue weighted by atomic mass is 14.9. The van der Waals surface area contributed by atoms with Crippen LogP contribution in [0.4, 0.5) is 5.69 Å². The molecule has 2 nitrogen and oxygen atoms in total. The molecule has 0 aliphatic rings. The van der Waals surface area contributed by atoms with Crippen LogP contribution in [0.3, 0.4) is 0 Å². The van der Waals surface area contributed by atoms with Gasteiger partial charge in [-0.1, -0.05) is 19.1 Å². The highest BCUT2D eigenvalue weighted by molar-refractivity contribution is 5.44. The normalized spacial score (nSPS) is 11.4. The lowest BCUT2D eigenvalue weighted by molar-refractivity contribution is 0.549. The molecule has 78 valence electrons. The van der Waals surface area contributed by atoms with Crippen LogP contribution in [0.2, 0.25) is 0 Å². The number of aryl methyl sites for hydroxylation is 1. The van der Waals surface area contributed by atoms with Gasteiger partial charge in [-0.15, -0.1) is 0 Å². The van der Waals surface area contributed by atoms with Gasteiger partial charge >= 0.3 is 0 Å². The summed E-state index contributed by atoms with van der Waals surface area (Å²) in [5, 5.41) is 3.31. The Morgan fingerprint density at radius 1 is 1.21 bits per heavy atom. The molecule has 0 bridgehead atoms. The van der Waals surface area contributed by atoms with E-state index in [9.17, 15) is 0 Å². The van der Waals surface area contributed by atoms with Crippen LogP contribution in [0.5, 0.6) is 0 Å². The van der Waals surface area contributed by atoms with Crippen molar-refractivity contribution in [2.45, 2.75) is 32.7 Å². The molecule has 0 aliphatic heterocycles. The zero-order chi connectivity index (χ0) is 10.6. The van der Waals surface area contributed by atoms with Gasteiger partial charge in [-0.3, -0.25) is 0 Å². The third-order valence-electron chi connectivity index (χ3n) is 2.11. The quantitative estimate of drug-likeness (QED) is 0.768. The zero-order valence-electron chi connectivity index (χ0n) is 9.30. The second-order valence-electron chi connectivity index (χ2n) is 4.39. The van der Waals surface area contributed by atoms with E-state index in [-0.39, 0.29) is 5.54 Å². The maximum absolute atomic E-state index is 5.88. The van der Waals surface area contributed by atoms with Crippen molar-refractivity contribution in [3.05, 3.63) is 29.8 Å². The summed E-state index contributed by atoms with van der Waals surface area (Å²) >= 11 is 0. The van der Waals surface area contributed by atoms with Crippen molar-refractivity contribution in [3.63, 3.8) is 0 Å². The van der Waals surface area contributed by atoms with Gasteiger partial charge in [0.05, 0.1) is 0 Å². The lowest BCUT2D eigenvalue weighted by atomic mass is 10.1. The van der Waals surface area contributed by atoms with Gasteiger partial charge in [0.1, 0.15) is 0 Å². The molecule has 3 N–H and O–H groups in total. The Bertz CT molecular complexity index is 269. The first-order chi connectivity index (χ1) is 6.51. The Morgan fingerprint density at radius 2 is 1.79 bits per heavy atom. The van der Waals surface area contributed by atoms with Gasteiger partial charge in [0.15, 0.2) is 0 Å². The van der Waals surface area contributed by atoms with E-state index in [2.05, 4.69) is 36.5 Å². The number of hydrogen-bond donors (Lipinski definition) is 2. The Labute approximate surface area is 86.5 Å². The second-order valence-corrected chi connectivity index (χ2v) is 4.39. The molecule has 0 spiro atoms. The molecule has 0 saturated heterocycles. The number of anilines is 1.